The summed E-state index contributed by atoms with van der Waals surface area (Å²) in [5.74, 6) is -2.24. The number of rotatable bonds is 3. The highest BCUT2D eigenvalue weighted by atomic mass is 16.6. The van der Waals surface area contributed by atoms with E-state index in [-0.39, 0.29) is 0 Å². The summed E-state index contributed by atoms with van der Waals surface area (Å²) in [4.78, 5) is 24.2. The molecule has 1 aromatic carbocycles. The van der Waals surface area contributed by atoms with Crippen LogP contribution in [-0.4, -0.2) is 24.6 Å². The fraction of sp³-hybridized carbons (Fsp3) is 0.500. The number of carbonyl (C=O) groups excluding carboxylic acids is 2. The van der Waals surface area contributed by atoms with Crippen molar-refractivity contribution < 1.29 is 19.1 Å². The molecule has 0 N–H and O–H groups in total. The molecular formula is C16H22O4. The van der Waals surface area contributed by atoms with E-state index in [1.807, 2.05) is 19.9 Å². The van der Waals surface area contributed by atoms with Crippen molar-refractivity contribution in [3.63, 3.8) is 0 Å². The van der Waals surface area contributed by atoms with Gasteiger partial charge in [-0.25, -0.2) is 0 Å². The molecule has 0 radical (unpaired) electrons. The van der Waals surface area contributed by atoms with Gasteiger partial charge in [0.2, 0.25) is 0 Å². The number of hydrogen-bond donors (Lipinski definition) is 0. The molecule has 4 nitrogen and oxygen atoms in total. The zero-order valence-corrected chi connectivity index (χ0v) is 12.9. The molecule has 110 valence electrons. The van der Waals surface area contributed by atoms with Crippen LogP contribution in [0.1, 0.15) is 43.4 Å². The van der Waals surface area contributed by atoms with Crippen molar-refractivity contribution >= 4 is 11.9 Å². The predicted octanol–water partition coefficient (Wildman–Crippen LogP) is 2.90. The maximum Gasteiger partial charge on any atom is 0.325 e. The van der Waals surface area contributed by atoms with E-state index < -0.39 is 23.5 Å². The first-order chi connectivity index (χ1) is 9.14. The molecule has 0 saturated carbocycles. The van der Waals surface area contributed by atoms with E-state index in [0.717, 1.165) is 11.1 Å². The lowest BCUT2D eigenvalue weighted by Gasteiger charge is -2.23. The molecule has 4 heteroatoms. The van der Waals surface area contributed by atoms with Crippen LogP contribution in [0.4, 0.5) is 0 Å². The van der Waals surface area contributed by atoms with Crippen LogP contribution in [0.25, 0.3) is 0 Å². The lowest BCUT2D eigenvalue weighted by Crippen LogP contribution is -2.32. The van der Waals surface area contributed by atoms with E-state index in [4.69, 9.17) is 9.47 Å². The number of aryl methyl sites for hydroxylation is 2. The lowest BCUT2D eigenvalue weighted by molar-refractivity contribution is -0.163. The molecule has 0 heterocycles. The van der Waals surface area contributed by atoms with Gasteiger partial charge in [-0.2, -0.15) is 0 Å². The lowest BCUT2D eigenvalue weighted by atomic mass is 9.95. The van der Waals surface area contributed by atoms with Crippen molar-refractivity contribution in [2.75, 3.05) is 7.11 Å². The SMILES string of the molecule is COC(=O)C(C(=O)OC(C)(C)C)c1cc(C)cc(C)c1. The molecule has 1 aromatic rings. The van der Waals surface area contributed by atoms with Gasteiger partial charge in [0.25, 0.3) is 0 Å². The molecule has 20 heavy (non-hydrogen) atoms. The number of hydrogen-bond acceptors (Lipinski definition) is 4. The highest BCUT2D eigenvalue weighted by Crippen LogP contribution is 2.24. The molecule has 0 aliphatic rings. The zero-order valence-electron chi connectivity index (χ0n) is 12.9. The van der Waals surface area contributed by atoms with Gasteiger partial charge < -0.3 is 9.47 Å². The van der Waals surface area contributed by atoms with Crippen LogP contribution < -0.4 is 0 Å². The highest BCUT2D eigenvalue weighted by Gasteiger charge is 2.33. The van der Waals surface area contributed by atoms with Crippen LogP contribution in [0.2, 0.25) is 0 Å². The van der Waals surface area contributed by atoms with Crippen molar-refractivity contribution in [1.82, 2.24) is 0 Å². The first kappa shape index (κ1) is 16.2. The quantitative estimate of drug-likeness (QED) is 0.630. The summed E-state index contributed by atoms with van der Waals surface area (Å²) in [6.07, 6.45) is 0. The maximum absolute atomic E-state index is 12.3. The standard InChI is InChI=1S/C16H22O4/c1-10-7-11(2)9-12(8-10)13(14(17)19-6)15(18)20-16(3,4)5/h7-9,13H,1-6H3. The van der Waals surface area contributed by atoms with Gasteiger partial charge in [-0.15, -0.1) is 0 Å². The van der Waals surface area contributed by atoms with Crippen LogP contribution in [-0.2, 0) is 19.1 Å². The predicted molar refractivity (Wildman–Crippen MR) is 76.5 cm³/mol. The summed E-state index contributed by atoms with van der Waals surface area (Å²) < 4.78 is 10.1. The molecule has 0 bridgehead atoms. The number of benzene rings is 1. The minimum absolute atomic E-state index is 0.589. The fourth-order valence-electron chi connectivity index (χ4n) is 2.02. The zero-order chi connectivity index (χ0) is 15.5. The molecule has 1 rings (SSSR count). The first-order valence-corrected chi connectivity index (χ1v) is 6.53. The van der Waals surface area contributed by atoms with Gasteiger partial charge in [0, 0.05) is 0 Å². The van der Waals surface area contributed by atoms with E-state index in [9.17, 15) is 9.59 Å². The molecular weight excluding hydrogens is 256 g/mol. The molecule has 0 aliphatic heterocycles. The average Bonchev–Trinajstić information content (AvgIpc) is 2.24. The Kier molecular flexibility index (Phi) is 4.93. The van der Waals surface area contributed by atoms with Crippen molar-refractivity contribution in [2.45, 2.75) is 46.1 Å². The Bertz CT molecular complexity index is 491. The number of ether oxygens (including phenoxy) is 2. The van der Waals surface area contributed by atoms with Crippen molar-refractivity contribution in [2.24, 2.45) is 0 Å². The van der Waals surface area contributed by atoms with Crippen LogP contribution in [0, 0.1) is 13.8 Å². The normalized spacial score (nSPS) is 12.7. The second-order valence-corrected chi connectivity index (χ2v) is 5.91. The van der Waals surface area contributed by atoms with Crippen LogP contribution in [0.3, 0.4) is 0 Å². The molecule has 1 unspecified atom stereocenters. The Hall–Kier alpha value is -1.84. The van der Waals surface area contributed by atoms with Gasteiger partial charge >= 0.3 is 11.9 Å². The Balaban J connectivity index is 3.19. The average molecular weight is 278 g/mol. The highest BCUT2D eigenvalue weighted by molar-refractivity contribution is 6.01. The maximum atomic E-state index is 12.3. The summed E-state index contributed by atoms with van der Waals surface area (Å²) in [7, 11) is 1.27. The monoisotopic (exact) mass is 278 g/mol. The second-order valence-electron chi connectivity index (χ2n) is 5.91. The minimum Gasteiger partial charge on any atom is -0.468 e. The van der Waals surface area contributed by atoms with Gasteiger partial charge in [-0.3, -0.25) is 9.59 Å². The fourth-order valence-corrected chi connectivity index (χ4v) is 2.02. The number of esters is 2. The number of methoxy groups -OCH3 is 1. The summed E-state index contributed by atoms with van der Waals surface area (Å²) in [6, 6.07) is 5.59. The molecule has 0 spiro atoms. The first-order valence-electron chi connectivity index (χ1n) is 6.53. The van der Waals surface area contributed by atoms with Gasteiger partial charge in [-0.05, 0) is 40.2 Å². The topological polar surface area (TPSA) is 52.6 Å². The minimum atomic E-state index is -1.04. The van der Waals surface area contributed by atoms with E-state index in [2.05, 4.69) is 0 Å². The largest absolute Gasteiger partial charge is 0.468 e. The smallest absolute Gasteiger partial charge is 0.325 e. The molecule has 0 aromatic heterocycles. The second kappa shape index (κ2) is 6.07. The van der Waals surface area contributed by atoms with Gasteiger partial charge in [0.1, 0.15) is 5.60 Å². The van der Waals surface area contributed by atoms with E-state index in [1.54, 1.807) is 32.9 Å². The molecule has 1 atom stereocenters. The third-order valence-electron chi connectivity index (χ3n) is 2.66. The Morgan fingerprint density at radius 3 is 1.90 bits per heavy atom. The summed E-state index contributed by atoms with van der Waals surface area (Å²) in [5.41, 5.74) is 1.92. The summed E-state index contributed by atoms with van der Waals surface area (Å²) in [5, 5.41) is 0. The molecule has 0 saturated heterocycles. The van der Waals surface area contributed by atoms with E-state index >= 15 is 0 Å². The molecule has 0 amide bonds. The third-order valence-corrected chi connectivity index (χ3v) is 2.66. The van der Waals surface area contributed by atoms with E-state index in [1.165, 1.54) is 7.11 Å². The Labute approximate surface area is 120 Å². The molecule has 0 aliphatic carbocycles. The Morgan fingerprint density at radius 1 is 1.00 bits per heavy atom. The van der Waals surface area contributed by atoms with Crippen molar-refractivity contribution in [1.29, 1.82) is 0 Å². The van der Waals surface area contributed by atoms with Crippen LogP contribution in [0.5, 0.6) is 0 Å². The van der Waals surface area contributed by atoms with Crippen molar-refractivity contribution in [3.05, 3.63) is 34.9 Å². The molecule has 0 fully saturated rings. The van der Waals surface area contributed by atoms with E-state index in [0.29, 0.717) is 5.56 Å². The summed E-state index contributed by atoms with van der Waals surface area (Å²) >= 11 is 0. The van der Waals surface area contributed by atoms with Crippen LogP contribution in [0.15, 0.2) is 18.2 Å². The van der Waals surface area contributed by atoms with Gasteiger partial charge in [0.15, 0.2) is 5.92 Å². The summed E-state index contributed by atoms with van der Waals surface area (Å²) in [6.45, 7) is 9.13. The Morgan fingerprint density at radius 2 is 1.50 bits per heavy atom. The number of carbonyl (C=O) groups is 2. The third kappa shape index (κ3) is 4.37. The van der Waals surface area contributed by atoms with Crippen molar-refractivity contribution in [3.8, 4) is 0 Å². The van der Waals surface area contributed by atoms with Crippen LogP contribution >= 0.6 is 0 Å². The van der Waals surface area contributed by atoms with Gasteiger partial charge in [0.05, 0.1) is 7.11 Å². The van der Waals surface area contributed by atoms with Gasteiger partial charge in [-0.1, -0.05) is 29.3 Å².